The van der Waals surface area contributed by atoms with Gasteiger partial charge in [0.2, 0.25) is 5.95 Å². The highest BCUT2D eigenvalue weighted by Gasteiger charge is 2.27. The van der Waals surface area contributed by atoms with Gasteiger partial charge in [-0.2, -0.15) is 10.4 Å². The highest BCUT2D eigenvalue weighted by molar-refractivity contribution is 5.95. The van der Waals surface area contributed by atoms with E-state index in [0.717, 1.165) is 55.7 Å². The van der Waals surface area contributed by atoms with Crippen LogP contribution in [0, 0.1) is 17.2 Å². The summed E-state index contributed by atoms with van der Waals surface area (Å²) in [5.74, 6) is 1.03. The molecule has 0 bridgehead atoms. The molecule has 5 rings (SSSR count). The molecule has 0 radical (unpaired) electrons. The first kappa shape index (κ1) is 22.1. The Hall–Kier alpha value is -3.73. The van der Waals surface area contributed by atoms with E-state index in [1.807, 2.05) is 46.1 Å². The van der Waals surface area contributed by atoms with E-state index >= 15 is 0 Å². The SMILES string of the molecule is N#CCC(C1CCCC1)n1cc(-c2ccnc(Nc3cccc(C(=O)N4CCCC4)c3)n2)cn1. The molecule has 8 nitrogen and oxygen atoms in total. The standard InChI is InChI=1S/C26H29N7O/c27-12-10-24(19-6-1-2-7-19)33-18-21(17-29-33)23-11-13-28-26(31-23)30-22-9-5-8-20(16-22)25(34)32-14-3-4-15-32/h5,8-9,11,13,16-19,24H,1-4,6-7,10,14-15H2,(H,28,30,31). The van der Waals surface area contributed by atoms with Crippen LogP contribution < -0.4 is 5.32 Å². The van der Waals surface area contributed by atoms with Gasteiger partial charge in [-0.1, -0.05) is 18.9 Å². The van der Waals surface area contributed by atoms with E-state index in [4.69, 9.17) is 0 Å². The van der Waals surface area contributed by atoms with Crippen LogP contribution in [0.25, 0.3) is 11.3 Å². The third-order valence-corrected chi connectivity index (χ3v) is 6.90. The zero-order valence-corrected chi connectivity index (χ0v) is 19.2. The molecular formula is C26H29N7O. The minimum Gasteiger partial charge on any atom is -0.339 e. The van der Waals surface area contributed by atoms with Gasteiger partial charge in [0.25, 0.3) is 5.91 Å². The Labute approximate surface area is 199 Å². The maximum atomic E-state index is 12.7. The van der Waals surface area contributed by atoms with E-state index < -0.39 is 0 Å². The van der Waals surface area contributed by atoms with Crippen molar-refractivity contribution in [1.29, 1.82) is 5.26 Å². The average molecular weight is 456 g/mol. The van der Waals surface area contributed by atoms with Crippen molar-refractivity contribution in [3.05, 3.63) is 54.5 Å². The number of carbonyl (C=O) groups excluding carboxylic acids is 1. The van der Waals surface area contributed by atoms with Crippen LogP contribution in [0.4, 0.5) is 11.6 Å². The van der Waals surface area contributed by atoms with Crippen molar-refractivity contribution in [3.8, 4) is 17.3 Å². The second kappa shape index (κ2) is 10.0. The molecule has 1 saturated carbocycles. The molecule has 2 fully saturated rings. The van der Waals surface area contributed by atoms with Crippen molar-refractivity contribution in [2.45, 2.75) is 51.0 Å². The molecule has 2 aliphatic rings. The summed E-state index contributed by atoms with van der Waals surface area (Å²) < 4.78 is 1.94. The van der Waals surface area contributed by atoms with Gasteiger partial charge in [0, 0.05) is 42.3 Å². The van der Waals surface area contributed by atoms with Crippen molar-refractivity contribution in [3.63, 3.8) is 0 Å². The lowest BCUT2D eigenvalue weighted by molar-refractivity contribution is 0.0793. The largest absolute Gasteiger partial charge is 0.339 e. The summed E-state index contributed by atoms with van der Waals surface area (Å²) in [4.78, 5) is 23.7. The van der Waals surface area contributed by atoms with Crippen LogP contribution in [-0.4, -0.2) is 43.6 Å². The fourth-order valence-electron chi connectivity index (χ4n) is 5.11. The third-order valence-electron chi connectivity index (χ3n) is 6.90. The molecule has 3 heterocycles. The van der Waals surface area contributed by atoms with Crippen molar-refractivity contribution < 1.29 is 4.79 Å². The van der Waals surface area contributed by atoms with Gasteiger partial charge >= 0.3 is 0 Å². The predicted octanol–water partition coefficient (Wildman–Crippen LogP) is 4.96. The lowest BCUT2D eigenvalue weighted by Crippen LogP contribution is -2.27. The number of benzene rings is 1. The molecule has 174 valence electrons. The maximum absolute atomic E-state index is 12.7. The summed E-state index contributed by atoms with van der Waals surface area (Å²) in [6.45, 7) is 1.65. The summed E-state index contributed by atoms with van der Waals surface area (Å²) in [6, 6.07) is 11.8. The first-order chi connectivity index (χ1) is 16.7. The number of nitrogens with zero attached hydrogens (tertiary/aromatic N) is 6. The van der Waals surface area contributed by atoms with Gasteiger partial charge in [-0.25, -0.2) is 9.97 Å². The summed E-state index contributed by atoms with van der Waals surface area (Å²) >= 11 is 0. The molecule has 0 spiro atoms. The van der Waals surface area contributed by atoms with E-state index in [-0.39, 0.29) is 11.9 Å². The van der Waals surface area contributed by atoms with Crippen LogP contribution >= 0.6 is 0 Å². The van der Waals surface area contributed by atoms with E-state index in [2.05, 4.69) is 26.5 Å². The molecule has 2 aromatic heterocycles. The van der Waals surface area contributed by atoms with Crippen LogP contribution in [0.15, 0.2) is 48.9 Å². The van der Waals surface area contributed by atoms with Crippen LogP contribution in [0.2, 0.25) is 0 Å². The molecule has 1 aliphatic carbocycles. The second-order valence-corrected chi connectivity index (χ2v) is 9.15. The lowest BCUT2D eigenvalue weighted by atomic mass is 9.96. The van der Waals surface area contributed by atoms with E-state index in [9.17, 15) is 10.1 Å². The minimum atomic E-state index is 0.0671. The normalized spacial score (nSPS) is 17.0. The number of amides is 1. The Kier molecular flexibility index (Phi) is 6.52. The van der Waals surface area contributed by atoms with Gasteiger partial charge in [0.15, 0.2) is 0 Å². The number of nitrogens with one attached hydrogen (secondary N) is 1. The number of hydrogen-bond donors (Lipinski definition) is 1. The average Bonchev–Trinajstić information content (AvgIpc) is 3.65. The van der Waals surface area contributed by atoms with Crippen molar-refractivity contribution in [2.75, 3.05) is 18.4 Å². The summed E-state index contributed by atoms with van der Waals surface area (Å²) in [5.41, 5.74) is 3.09. The van der Waals surface area contributed by atoms with Gasteiger partial charge in [0.05, 0.1) is 30.4 Å². The number of aromatic nitrogens is 4. The number of likely N-dealkylation sites (tertiary alicyclic amines) is 1. The molecular weight excluding hydrogens is 426 g/mol. The Morgan fingerprint density at radius 3 is 2.79 bits per heavy atom. The number of carbonyl (C=O) groups is 1. The van der Waals surface area contributed by atoms with Crippen LogP contribution in [0.5, 0.6) is 0 Å². The van der Waals surface area contributed by atoms with Gasteiger partial charge in [-0.15, -0.1) is 0 Å². The second-order valence-electron chi connectivity index (χ2n) is 9.15. The zero-order chi connectivity index (χ0) is 23.3. The Morgan fingerprint density at radius 2 is 2.00 bits per heavy atom. The number of hydrogen-bond acceptors (Lipinski definition) is 6. The Morgan fingerprint density at radius 1 is 1.18 bits per heavy atom. The fraction of sp³-hybridized carbons (Fsp3) is 0.423. The maximum Gasteiger partial charge on any atom is 0.253 e. The van der Waals surface area contributed by atoms with Crippen molar-refractivity contribution >= 4 is 17.5 Å². The molecule has 1 atom stereocenters. The molecule has 1 aliphatic heterocycles. The number of rotatable bonds is 7. The van der Waals surface area contributed by atoms with E-state index in [0.29, 0.717) is 23.9 Å². The van der Waals surface area contributed by atoms with Gasteiger partial charge in [-0.3, -0.25) is 9.48 Å². The van der Waals surface area contributed by atoms with Crippen molar-refractivity contribution in [1.82, 2.24) is 24.6 Å². The quantitative estimate of drug-likeness (QED) is 0.540. The van der Waals surface area contributed by atoms with E-state index in [1.165, 1.54) is 12.8 Å². The highest BCUT2D eigenvalue weighted by Crippen LogP contribution is 2.36. The molecule has 1 unspecified atom stereocenters. The Balaban J connectivity index is 1.32. The lowest BCUT2D eigenvalue weighted by Gasteiger charge is -2.21. The Bertz CT molecular complexity index is 1190. The molecule has 8 heteroatoms. The van der Waals surface area contributed by atoms with Crippen molar-refractivity contribution in [2.24, 2.45) is 5.92 Å². The topological polar surface area (TPSA) is 99.7 Å². The zero-order valence-electron chi connectivity index (χ0n) is 19.2. The van der Waals surface area contributed by atoms with Crippen LogP contribution in [-0.2, 0) is 0 Å². The highest BCUT2D eigenvalue weighted by atomic mass is 16.2. The molecule has 3 aromatic rings. The predicted molar refractivity (Wildman–Crippen MR) is 129 cm³/mol. The van der Waals surface area contributed by atoms with Crippen LogP contribution in [0.1, 0.15) is 61.3 Å². The number of nitriles is 1. The summed E-state index contributed by atoms with van der Waals surface area (Å²) in [5, 5.41) is 17.1. The smallest absolute Gasteiger partial charge is 0.253 e. The third kappa shape index (κ3) is 4.79. The van der Waals surface area contributed by atoms with Crippen LogP contribution in [0.3, 0.4) is 0 Å². The molecule has 1 aromatic carbocycles. The first-order valence-corrected chi connectivity index (χ1v) is 12.1. The molecule has 1 N–H and O–H groups in total. The monoisotopic (exact) mass is 455 g/mol. The van der Waals surface area contributed by atoms with E-state index in [1.54, 1.807) is 12.4 Å². The molecule has 34 heavy (non-hydrogen) atoms. The van der Waals surface area contributed by atoms with Gasteiger partial charge < -0.3 is 10.2 Å². The summed E-state index contributed by atoms with van der Waals surface area (Å²) in [7, 11) is 0. The van der Waals surface area contributed by atoms with Gasteiger partial charge in [-0.05, 0) is 55.9 Å². The molecule has 1 saturated heterocycles. The summed E-state index contributed by atoms with van der Waals surface area (Å²) in [6.07, 6.45) is 12.9. The van der Waals surface area contributed by atoms with Gasteiger partial charge in [0.1, 0.15) is 0 Å². The first-order valence-electron chi connectivity index (χ1n) is 12.1. The minimum absolute atomic E-state index is 0.0671. The number of anilines is 2. The fourth-order valence-corrected chi connectivity index (χ4v) is 5.11. The molecule has 1 amide bonds.